The molecule has 1 aliphatic rings. The smallest absolute Gasteiger partial charge is 0.327 e. The number of piperazine rings is 1. The van der Waals surface area contributed by atoms with Gasteiger partial charge in [-0.2, -0.15) is 0 Å². The quantitative estimate of drug-likeness (QED) is 0.170. The zero-order valence-corrected chi connectivity index (χ0v) is 25.9. The summed E-state index contributed by atoms with van der Waals surface area (Å²) >= 11 is 6.56. The number of hydrogen-bond donors (Lipinski definition) is 4. The normalized spacial score (nSPS) is 13.5. The minimum absolute atomic E-state index is 0.139. The van der Waals surface area contributed by atoms with Crippen molar-refractivity contribution < 1.29 is 19.1 Å². The molecule has 1 saturated heterocycles. The van der Waals surface area contributed by atoms with Crippen LogP contribution in [0.15, 0.2) is 55.4 Å². The number of ether oxygens (including phenoxy) is 2. The molecule has 13 nitrogen and oxygen atoms in total. The number of nitrogens with zero attached hydrogens (tertiary/aromatic N) is 5. The Labute approximate surface area is 262 Å². The lowest BCUT2D eigenvalue weighted by Crippen LogP contribution is -2.45. The average Bonchev–Trinajstić information content (AvgIpc) is 3.03. The standard InChI is InChI=1S/C30H38ClN9O4/c1-5-26(41)36-21-10-7-6-9-20(21)35-24-18-25(34-19-33-24)40(12-8-11-39-15-13-38(2)14-16-39)30(42)37-29-27(31)22(43-3)17-23(44-4)28(29)32/h5-7,9-10,17-19H,1,8,11-16,32H2,2-4H3,(H,36,41)(H,37,42)(H,33,34,35). The van der Waals surface area contributed by atoms with Gasteiger partial charge in [-0.3, -0.25) is 9.69 Å². The number of nitrogens with one attached hydrogen (secondary N) is 3. The highest BCUT2D eigenvalue weighted by Gasteiger charge is 2.24. The van der Waals surface area contributed by atoms with E-state index in [1.807, 2.05) is 6.07 Å². The molecule has 0 aliphatic carbocycles. The fraction of sp³-hybridized carbons (Fsp3) is 0.333. The first-order valence-electron chi connectivity index (χ1n) is 14.0. The summed E-state index contributed by atoms with van der Waals surface area (Å²) < 4.78 is 10.7. The van der Waals surface area contributed by atoms with Crippen molar-refractivity contribution in [2.45, 2.75) is 6.42 Å². The van der Waals surface area contributed by atoms with Crippen molar-refractivity contribution in [3.63, 3.8) is 0 Å². The van der Waals surface area contributed by atoms with Crippen LogP contribution in [-0.4, -0.2) is 92.2 Å². The summed E-state index contributed by atoms with van der Waals surface area (Å²) in [6.45, 7) is 8.57. The SMILES string of the molecule is C=CC(=O)Nc1ccccc1Nc1cc(N(CCCN2CCN(C)CC2)C(=O)Nc2c(N)c(OC)cc(OC)c2Cl)ncn1. The van der Waals surface area contributed by atoms with Crippen LogP contribution in [0.25, 0.3) is 0 Å². The predicted molar refractivity (Wildman–Crippen MR) is 174 cm³/mol. The molecule has 4 rings (SSSR count). The lowest BCUT2D eigenvalue weighted by Gasteiger charge is -2.33. The van der Waals surface area contributed by atoms with Crippen LogP contribution in [0.4, 0.5) is 39.2 Å². The number of para-hydroxylation sites is 2. The van der Waals surface area contributed by atoms with Crippen LogP contribution in [0.5, 0.6) is 11.5 Å². The van der Waals surface area contributed by atoms with Crippen LogP contribution in [0.2, 0.25) is 5.02 Å². The van der Waals surface area contributed by atoms with Gasteiger partial charge in [0.25, 0.3) is 0 Å². The minimum Gasteiger partial charge on any atom is -0.495 e. The van der Waals surface area contributed by atoms with Gasteiger partial charge in [0.05, 0.1) is 37.0 Å². The molecule has 0 spiro atoms. The van der Waals surface area contributed by atoms with Gasteiger partial charge in [-0.25, -0.2) is 14.8 Å². The molecule has 3 amide bonds. The third-order valence-corrected chi connectivity index (χ3v) is 7.54. The highest BCUT2D eigenvalue weighted by atomic mass is 35.5. The van der Waals surface area contributed by atoms with Gasteiger partial charge in [0.15, 0.2) is 0 Å². The van der Waals surface area contributed by atoms with Crippen molar-refractivity contribution in [3.05, 3.63) is 60.4 Å². The highest BCUT2D eigenvalue weighted by molar-refractivity contribution is 6.36. The Kier molecular flexibility index (Phi) is 11.2. The number of halogens is 1. The Hall–Kier alpha value is -4.59. The van der Waals surface area contributed by atoms with Crippen LogP contribution in [0, 0.1) is 0 Å². The number of methoxy groups -OCH3 is 2. The number of carbonyl (C=O) groups is 2. The molecule has 0 radical (unpaired) electrons. The second kappa shape index (κ2) is 15.2. The van der Waals surface area contributed by atoms with Gasteiger partial charge in [0.2, 0.25) is 5.91 Å². The first-order chi connectivity index (χ1) is 21.2. The minimum atomic E-state index is -0.504. The Morgan fingerprint density at radius 2 is 1.77 bits per heavy atom. The number of nitrogen functional groups attached to an aromatic ring is 1. The van der Waals surface area contributed by atoms with Gasteiger partial charge in [-0.15, -0.1) is 0 Å². The molecule has 234 valence electrons. The summed E-state index contributed by atoms with van der Waals surface area (Å²) in [5.41, 5.74) is 7.76. The Balaban J connectivity index is 1.61. The Morgan fingerprint density at radius 1 is 1.07 bits per heavy atom. The number of nitrogens with two attached hydrogens (primary N) is 1. The van der Waals surface area contributed by atoms with Crippen LogP contribution < -0.4 is 36.1 Å². The summed E-state index contributed by atoms with van der Waals surface area (Å²) in [5.74, 6) is 1.01. The average molecular weight is 624 g/mol. The van der Waals surface area contributed by atoms with E-state index in [4.69, 9.17) is 26.8 Å². The van der Waals surface area contributed by atoms with Gasteiger partial charge in [0, 0.05) is 44.9 Å². The number of urea groups is 1. The molecule has 14 heteroatoms. The maximum absolute atomic E-state index is 13.9. The number of aromatic nitrogens is 2. The van der Waals surface area contributed by atoms with E-state index in [0.717, 1.165) is 32.7 Å². The molecule has 1 aromatic heterocycles. The van der Waals surface area contributed by atoms with Gasteiger partial charge in [-0.1, -0.05) is 30.3 Å². The molecule has 1 fully saturated rings. The van der Waals surface area contributed by atoms with Crippen LogP contribution in [0.3, 0.4) is 0 Å². The molecule has 2 aromatic carbocycles. The lowest BCUT2D eigenvalue weighted by molar-refractivity contribution is -0.111. The van der Waals surface area contributed by atoms with Crippen molar-refractivity contribution in [2.75, 3.05) is 87.1 Å². The third kappa shape index (κ3) is 8.07. The first-order valence-corrected chi connectivity index (χ1v) is 14.4. The fourth-order valence-electron chi connectivity index (χ4n) is 4.67. The Morgan fingerprint density at radius 3 is 2.45 bits per heavy atom. The highest BCUT2D eigenvalue weighted by Crippen LogP contribution is 2.43. The zero-order valence-electron chi connectivity index (χ0n) is 25.1. The van der Waals surface area contributed by atoms with Gasteiger partial charge in [0.1, 0.15) is 34.5 Å². The maximum Gasteiger partial charge on any atom is 0.327 e. The molecule has 2 heterocycles. The molecule has 44 heavy (non-hydrogen) atoms. The van der Waals surface area contributed by atoms with E-state index in [9.17, 15) is 9.59 Å². The van der Waals surface area contributed by atoms with Crippen molar-refractivity contribution >= 4 is 57.9 Å². The van der Waals surface area contributed by atoms with E-state index in [1.165, 1.54) is 31.5 Å². The van der Waals surface area contributed by atoms with Crippen LogP contribution >= 0.6 is 11.6 Å². The molecule has 5 N–H and O–H groups in total. The monoisotopic (exact) mass is 623 g/mol. The predicted octanol–water partition coefficient (Wildman–Crippen LogP) is 4.27. The second-order valence-corrected chi connectivity index (χ2v) is 10.5. The number of rotatable bonds is 12. The summed E-state index contributed by atoms with van der Waals surface area (Å²) in [4.78, 5) is 40.7. The molecular weight excluding hydrogens is 586 g/mol. The molecule has 0 atom stereocenters. The maximum atomic E-state index is 13.9. The van der Waals surface area contributed by atoms with Crippen LogP contribution in [0.1, 0.15) is 6.42 Å². The van der Waals surface area contributed by atoms with Crippen molar-refractivity contribution in [2.24, 2.45) is 0 Å². The molecule has 3 aromatic rings. The van der Waals surface area contributed by atoms with Gasteiger partial charge < -0.3 is 41.0 Å². The summed E-state index contributed by atoms with van der Waals surface area (Å²) in [7, 11) is 5.04. The fourth-order valence-corrected chi connectivity index (χ4v) is 4.95. The molecule has 1 aliphatic heterocycles. The summed E-state index contributed by atoms with van der Waals surface area (Å²) in [5, 5.41) is 8.94. The zero-order chi connectivity index (χ0) is 31.6. The van der Waals surface area contributed by atoms with E-state index in [1.54, 1.807) is 30.3 Å². The number of anilines is 6. The third-order valence-electron chi connectivity index (χ3n) is 7.16. The van der Waals surface area contributed by atoms with Crippen molar-refractivity contribution in [1.82, 2.24) is 19.8 Å². The topological polar surface area (TPSA) is 150 Å². The summed E-state index contributed by atoms with van der Waals surface area (Å²) in [6, 6.07) is 9.87. The summed E-state index contributed by atoms with van der Waals surface area (Å²) in [6.07, 6.45) is 3.24. The number of benzene rings is 2. The molecule has 0 bridgehead atoms. The molecule has 0 saturated carbocycles. The Bertz CT molecular complexity index is 1450. The first kappa shape index (κ1) is 32.3. The van der Waals surface area contributed by atoms with E-state index >= 15 is 0 Å². The number of hydrogen-bond acceptors (Lipinski definition) is 10. The molecule has 0 unspecified atom stereocenters. The van der Waals surface area contributed by atoms with Gasteiger partial charge in [-0.05, 0) is 38.2 Å². The van der Waals surface area contributed by atoms with Crippen molar-refractivity contribution in [1.29, 1.82) is 0 Å². The second-order valence-electron chi connectivity index (χ2n) is 10.1. The number of carbonyl (C=O) groups excluding carboxylic acids is 2. The van der Waals surface area contributed by atoms with Gasteiger partial charge >= 0.3 is 6.03 Å². The number of amides is 3. The van der Waals surface area contributed by atoms with E-state index in [0.29, 0.717) is 47.5 Å². The lowest BCUT2D eigenvalue weighted by atomic mass is 10.2. The van der Waals surface area contributed by atoms with Crippen LogP contribution in [-0.2, 0) is 4.79 Å². The van der Waals surface area contributed by atoms with Crippen molar-refractivity contribution in [3.8, 4) is 11.5 Å². The number of likely N-dealkylation sites (N-methyl/N-ethyl adjacent to an activating group) is 1. The van der Waals surface area contributed by atoms with E-state index in [2.05, 4.69) is 49.3 Å². The largest absolute Gasteiger partial charge is 0.495 e. The van der Waals surface area contributed by atoms with E-state index in [-0.39, 0.29) is 22.3 Å². The molecular formula is C30H38ClN9O4. The van der Waals surface area contributed by atoms with E-state index < -0.39 is 6.03 Å².